The first-order chi connectivity index (χ1) is 45.5. The zero-order valence-electron chi connectivity index (χ0n) is 56.9. The second-order valence-electron chi connectivity index (χ2n) is 31.3. The third-order valence-electron chi connectivity index (χ3n) is 21.5. The summed E-state index contributed by atoms with van der Waals surface area (Å²) < 4.78 is 19.5. The molecule has 7 heteroatoms. The lowest BCUT2D eigenvalue weighted by molar-refractivity contribution is 0.172. The maximum absolute atomic E-state index is 6.52. The highest BCUT2D eigenvalue weighted by atomic mass is 16.6. The van der Waals surface area contributed by atoms with Gasteiger partial charge < -0.3 is 28.6 Å². The van der Waals surface area contributed by atoms with E-state index in [1.54, 1.807) is 0 Å². The predicted octanol–water partition coefficient (Wildman–Crippen LogP) is 21.6. The summed E-state index contributed by atoms with van der Waals surface area (Å²) in [5.74, 6) is 2.45. The van der Waals surface area contributed by atoms with Crippen molar-refractivity contribution < 1.29 is 13.9 Å². The van der Waals surface area contributed by atoms with Crippen molar-refractivity contribution in [3.8, 4) is 56.2 Å². The molecule has 0 unspecified atom stereocenters. The van der Waals surface area contributed by atoms with Crippen molar-refractivity contribution in [2.24, 2.45) is 0 Å². The van der Waals surface area contributed by atoms with E-state index in [9.17, 15) is 0 Å². The Kier molecular flexibility index (Phi) is 12.9. The number of hydrogen-bond acceptors (Lipinski definition) is 6. The van der Waals surface area contributed by atoms with E-state index in [0.29, 0.717) is 13.2 Å². The smallest absolute Gasteiger partial charge is 0.252 e. The molecule has 6 nitrogen and oxygen atoms in total. The molecular weight excluding hydrogens is 1160 g/mol. The number of hydrogen-bond donors (Lipinski definition) is 0. The van der Waals surface area contributed by atoms with E-state index in [4.69, 9.17) is 13.9 Å². The highest BCUT2D eigenvalue weighted by Gasteiger charge is 2.46. The van der Waals surface area contributed by atoms with Crippen LogP contribution in [0.3, 0.4) is 0 Å². The van der Waals surface area contributed by atoms with Gasteiger partial charge in [-0.1, -0.05) is 205 Å². The van der Waals surface area contributed by atoms with Crippen LogP contribution in [0.2, 0.25) is 0 Å². The Morgan fingerprint density at radius 1 is 0.379 bits per heavy atom. The SMILES string of the molecule is CC(C)(C)c1ccc(N2c3ccc(C(C)(C)C)cc3B3c4cc5c(cc4N(c4ccc(C(C)(C)C)cc4)c4cc(-c6ccc(N(c7ccc8c(c7)C(C)(C)c7ccccc7-8)c7ccc8c(c7)C(C)(C)c7cc(-c9cc%10ccccc%10o9)ccc7-8)cc6)cc2c43)OCCO5)cc1. The number of ether oxygens (including phenoxy) is 2. The van der Waals surface area contributed by atoms with Crippen LogP contribution >= 0.6 is 0 Å². The first-order valence-electron chi connectivity index (χ1n) is 34.0. The third kappa shape index (κ3) is 9.26. The van der Waals surface area contributed by atoms with Crippen molar-refractivity contribution in [2.45, 2.75) is 117 Å². The Labute approximate surface area is 560 Å². The first kappa shape index (κ1) is 58.8. The second kappa shape index (κ2) is 20.8. The van der Waals surface area contributed by atoms with Gasteiger partial charge in [0, 0.05) is 79.0 Å². The van der Waals surface area contributed by atoms with E-state index in [1.807, 2.05) is 12.1 Å². The Balaban J connectivity index is 0.854. The van der Waals surface area contributed by atoms with Crippen molar-refractivity contribution in [2.75, 3.05) is 27.9 Å². The summed E-state index contributed by atoms with van der Waals surface area (Å²) in [6.45, 7) is 31.1. The fourth-order valence-corrected chi connectivity index (χ4v) is 16.2. The zero-order chi connectivity index (χ0) is 65.4. The number of furan rings is 1. The van der Waals surface area contributed by atoms with Gasteiger partial charge in [0.25, 0.3) is 6.71 Å². The molecule has 1 aromatic heterocycles. The van der Waals surface area contributed by atoms with Crippen LogP contribution in [-0.2, 0) is 27.1 Å². The lowest BCUT2D eigenvalue weighted by Crippen LogP contribution is -2.61. The molecule has 95 heavy (non-hydrogen) atoms. The molecule has 17 rings (SSSR count). The van der Waals surface area contributed by atoms with Crippen LogP contribution in [0.25, 0.3) is 55.7 Å². The summed E-state index contributed by atoms with van der Waals surface area (Å²) in [7, 11) is 0. The van der Waals surface area contributed by atoms with Crippen LogP contribution in [0.15, 0.2) is 229 Å². The monoisotopic (exact) mass is 1240 g/mol. The summed E-state index contributed by atoms with van der Waals surface area (Å²) in [6, 6.07) is 85.3. The van der Waals surface area contributed by atoms with E-state index in [0.717, 1.165) is 90.4 Å². The first-order valence-corrected chi connectivity index (χ1v) is 34.0. The highest BCUT2D eigenvalue weighted by molar-refractivity contribution is 7.00. The largest absolute Gasteiger partial charge is 0.486 e. The summed E-state index contributed by atoms with van der Waals surface area (Å²) in [5.41, 5.74) is 31.7. The van der Waals surface area contributed by atoms with Gasteiger partial charge in [-0.05, 0) is 208 Å². The van der Waals surface area contributed by atoms with E-state index in [2.05, 4.69) is 317 Å². The standard InChI is InChI=1S/C88H80BN3O3/c1-84(2,3)57-25-32-61(33-26-57)91-75-41-29-59(86(7,8)9)48-73(75)89-74-51-81-82(94-43-42-93-81)52-76(74)92(62-34-27-58(28-35-62)85(4,5)6)78-46-56(45-77(91)83(78)89)53-22-30-60(31-23-53)90(63-36-39-67-65-19-15-16-20-69(65)87(10,11)71(67)49-63)64-37-40-68-66-38-24-55(44-70(66)88(12,13)72(68)50-64)80-47-54-18-14-17-21-79(54)95-80/h14-41,44-52H,42-43H2,1-13H3. The Bertz CT molecular complexity index is 5110. The normalized spacial score (nSPS) is 15.2. The number of rotatable bonds is 7. The van der Waals surface area contributed by atoms with E-state index in [-0.39, 0.29) is 33.8 Å². The molecule has 12 aromatic rings. The van der Waals surface area contributed by atoms with Gasteiger partial charge in [-0.2, -0.15) is 0 Å². The Morgan fingerprint density at radius 3 is 1.46 bits per heavy atom. The molecule has 3 aliphatic heterocycles. The molecule has 468 valence electrons. The lowest BCUT2D eigenvalue weighted by atomic mass is 9.33. The molecule has 0 radical (unpaired) electrons. The summed E-state index contributed by atoms with van der Waals surface area (Å²) in [5, 5.41) is 1.11. The van der Waals surface area contributed by atoms with Crippen LogP contribution in [0.1, 0.15) is 129 Å². The number of fused-ring (bicyclic) bond motifs is 12. The molecule has 0 amide bonds. The molecule has 0 N–H and O–H groups in total. The molecule has 5 aliphatic rings. The molecule has 11 aromatic carbocycles. The second-order valence-corrected chi connectivity index (χ2v) is 31.3. The van der Waals surface area contributed by atoms with E-state index in [1.165, 1.54) is 83.3 Å². The van der Waals surface area contributed by atoms with Crippen molar-refractivity contribution >= 4 is 85.3 Å². The van der Waals surface area contributed by atoms with Crippen molar-refractivity contribution in [3.63, 3.8) is 0 Å². The van der Waals surface area contributed by atoms with Gasteiger partial charge in [0.1, 0.15) is 24.6 Å². The molecule has 0 saturated carbocycles. The molecule has 0 atom stereocenters. The van der Waals surface area contributed by atoms with Crippen LogP contribution in [0, 0.1) is 0 Å². The maximum atomic E-state index is 6.52. The topological polar surface area (TPSA) is 41.3 Å². The van der Waals surface area contributed by atoms with Crippen molar-refractivity contribution in [1.29, 1.82) is 0 Å². The van der Waals surface area contributed by atoms with Gasteiger partial charge >= 0.3 is 0 Å². The summed E-state index contributed by atoms with van der Waals surface area (Å²) in [4.78, 5) is 7.55. The number of para-hydroxylation sites is 1. The average molecular weight is 1240 g/mol. The van der Waals surface area contributed by atoms with Crippen LogP contribution in [-0.4, -0.2) is 19.9 Å². The highest BCUT2D eigenvalue weighted by Crippen LogP contribution is 2.55. The number of benzene rings is 11. The minimum absolute atomic E-state index is 0.0163. The maximum Gasteiger partial charge on any atom is 0.252 e. The summed E-state index contributed by atoms with van der Waals surface area (Å²) >= 11 is 0. The third-order valence-corrected chi connectivity index (χ3v) is 21.5. The van der Waals surface area contributed by atoms with E-state index >= 15 is 0 Å². The Hall–Kier alpha value is -9.98. The molecule has 2 aliphatic carbocycles. The molecule has 0 fully saturated rings. The minimum Gasteiger partial charge on any atom is -0.486 e. The van der Waals surface area contributed by atoms with Crippen molar-refractivity contribution in [3.05, 3.63) is 263 Å². The van der Waals surface area contributed by atoms with Gasteiger partial charge in [-0.15, -0.1) is 0 Å². The predicted molar refractivity (Wildman–Crippen MR) is 398 cm³/mol. The van der Waals surface area contributed by atoms with Gasteiger partial charge in [0.2, 0.25) is 0 Å². The number of nitrogens with zero attached hydrogens (tertiary/aromatic N) is 3. The molecule has 0 saturated heterocycles. The van der Waals surface area contributed by atoms with Crippen molar-refractivity contribution in [1.82, 2.24) is 0 Å². The molecule has 0 bridgehead atoms. The lowest BCUT2D eigenvalue weighted by Gasteiger charge is -2.45. The van der Waals surface area contributed by atoms with E-state index < -0.39 is 0 Å². The molecular formula is C88H80BN3O3. The fraction of sp³-hybridized carbons (Fsp3) is 0.227. The quantitative estimate of drug-likeness (QED) is 0.148. The van der Waals surface area contributed by atoms with Crippen LogP contribution in [0.4, 0.5) is 51.2 Å². The van der Waals surface area contributed by atoms with Gasteiger partial charge in [-0.25, -0.2) is 0 Å². The molecule has 0 spiro atoms. The fourth-order valence-electron chi connectivity index (χ4n) is 16.2. The Morgan fingerprint density at radius 2 is 0.863 bits per heavy atom. The summed E-state index contributed by atoms with van der Waals surface area (Å²) in [6.07, 6.45) is 0. The minimum atomic E-state index is -0.299. The number of anilines is 9. The van der Waals surface area contributed by atoms with Gasteiger partial charge in [0.15, 0.2) is 11.5 Å². The van der Waals surface area contributed by atoms with Gasteiger partial charge in [0.05, 0.1) is 0 Å². The van der Waals surface area contributed by atoms with Gasteiger partial charge in [-0.3, -0.25) is 0 Å². The zero-order valence-corrected chi connectivity index (χ0v) is 56.9. The van der Waals surface area contributed by atoms with Crippen LogP contribution < -0.4 is 40.6 Å². The average Bonchev–Trinajstić information content (AvgIpc) is 1.54. The molecule has 4 heterocycles. The van der Waals surface area contributed by atoms with Crippen LogP contribution in [0.5, 0.6) is 11.5 Å².